The Morgan fingerprint density at radius 3 is 2.32 bits per heavy atom. The van der Waals surface area contributed by atoms with Crippen molar-refractivity contribution < 1.29 is 14.3 Å². The monoisotopic (exact) mass is 494 g/mol. The fraction of sp³-hybridized carbons (Fsp3) is 0.185. The number of hydrogen-bond donors (Lipinski definition) is 0. The Morgan fingerprint density at radius 1 is 0.941 bits per heavy atom. The first-order chi connectivity index (χ1) is 16.1. The van der Waals surface area contributed by atoms with E-state index in [0.29, 0.717) is 21.4 Å². The first kappa shape index (κ1) is 23.9. The van der Waals surface area contributed by atoms with E-state index in [2.05, 4.69) is 10.6 Å². The zero-order chi connectivity index (χ0) is 24.7. The number of carbonyl (C=O) groups excluding carboxylic acids is 2. The van der Waals surface area contributed by atoms with E-state index in [4.69, 9.17) is 27.9 Å². The quantitative estimate of drug-likeness (QED) is 0.303. The van der Waals surface area contributed by atoms with E-state index in [-0.39, 0.29) is 17.1 Å². The average molecular weight is 495 g/mol. The largest absolute Gasteiger partial charge is 0.465 e. The summed E-state index contributed by atoms with van der Waals surface area (Å²) in [4.78, 5) is 27.8. The molecule has 0 unspecified atom stereocenters. The lowest BCUT2D eigenvalue weighted by molar-refractivity contribution is -0.136. The second-order valence-electron chi connectivity index (χ2n) is 8.25. The van der Waals surface area contributed by atoms with E-state index < -0.39 is 5.97 Å². The van der Waals surface area contributed by atoms with E-state index in [0.717, 1.165) is 28.2 Å². The number of carbonyl (C=O) groups is 2. The highest BCUT2D eigenvalue weighted by Gasteiger charge is 2.38. The third-order valence-electron chi connectivity index (χ3n) is 5.98. The zero-order valence-electron chi connectivity index (χ0n) is 19.6. The molecule has 3 aromatic rings. The van der Waals surface area contributed by atoms with Gasteiger partial charge < -0.3 is 9.30 Å². The van der Waals surface area contributed by atoms with Crippen LogP contribution in [0.5, 0.6) is 0 Å². The molecule has 5 nitrogen and oxygen atoms in total. The summed E-state index contributed by atoms with van der Waals surface area (Å²) in [6.07, 6.45) is 1.75. The SMILES string of the molecule is COC(=O)C1=C(C)N(c2ccc(Cl)c(Cl)c2)C(=O)/C1=C\c1cc(C)n(-c2cccc(C)c2)c1C. The zero-order valence-corrected chi connectivity index (χ0v) is 21.1. The first-order valence-corrected chi connectivity index (χ1v) is 11.5. The van der Waals surface area contributed by atoms with Crippen LogP contribution in [0.2, 0.25) is 10.0 Å². The van der Waals surface area contributed by atoms with Crippen LogP contribution in [0.25, 0.3) is 11.8 Å². The number of ether oxygens (including phenoxy) is 1. The molecule has 4 rings (SSSR count). The number of benzene rings is 2. The van der Waals surface area contributed by atoms with Gasteiger partial charge in [0.15, 0.2) is 0 Å². The lowest BCUT2D eigenvalue weighted by Crippen LogP contribution is -2.24. The van der Waals surface area contributed by atoms with E-state index in [1.807, 2.05) is 45.0 Å². The van der Waals surface area contributed by atoms with Gasteiger partial charge in [-0.3, -0.25) is 9.69 Å². The number of aryl methyl sites for hydroxylation is 2. The molecule has 1 aromatic heterocycles. The summed E-state index contributed by atoms with van der Waals surface area (Å²) in [6, 6.07) is 15.1. The highest BCUT2D eigenvalue weighted by Crippen LogP contribution is 2.38. The van der Waals surface area contributed by atoms with Crippen LogP contribution in [0.4, 0.5) is 5.69 Å². The third-order valence-corrected chi connectivity index (χ3v) is 6.72. The molecule has 2 heterocycles. The van der Waals surface area contributed by atoms with Crippen molar-refractivity contribution in [3.8, 4) is 5.69 Å². The maximum Gasteiger partial charge on any atom is 0.340 e. The maximum atomic E-state index is 13.6. The van der Waals surface area contributed by atoms with Gasteiger partial charge in [0.2, 0.25) is 0 Å². The van der Waals surface area contributed by atoms with E-state index in [1.54, 1.807) is 31.2 Å². The molecule has 2 aromatic carbocycles. The molecule has 0 saturated heterocycles. The van der Waals surface area contributed by atoms with Crippen molar-refractivity contribution in [2.75, 3.05) is 12.0 Å². The second-order valence-corrected chi connectivity index (χ2v) is 9.06. The highest BCUT2D eigenvalue weighted by molar-refractivity contribution is 6.42. The standard InChI is InChI=1S/C27H24Cl2N2O3/c1-15-7-6-8-20(11-15)30-16(2)12-19(17(30)3)13-22-25(27(33)34-5)18(4)31(26(22)32)21-9-10-23(28)24(29)14-21/h6-14H,1-5H3/b22-13-. The predicted octanol–water partition coefficient (Wildman–Crippen LogP) is 6.59. The van der Waals surface area contributed by atoms with E-state index >= 15 is 0 Å². The van der Waals surface area contributed by atoms with Gasteiger partial charge in [0, 0.05) is 22.8 Å². The summed E-state index contributed by atoms with van der Waals surface area (Å²) in [6.45, 7) is 7.76. The number of rotatable bonds is 4. The van der Waals surface area contributed by atoms with Crippen LogP contribution in [0.1, 0.15) is 29.4 Å². The van der Waals surface area contributed by atoms with Crippen LogP contribution in [-0.4, -0.2) is 23.6 Å². The Bertz CT molecular complexity index is 1400. The Balaban J connectivity index is 1.86. The molecule has 7 heteroatoms. The topological polar surface area (TPSA) is 51.5 Å². The minimum absolute atomic E-state index is 0.221. The van der Waals surface area contributed by atoms with Gasteiger partial charge in [-0.05, 0) is 81.3 Å². The molecule has 34 heavy (non-hydrogen) atoms. The van der Waals surface area contributed by atoms with Crippen molar-refractivity contribution in [1.29, 1.82) is 0 Å². The van der Waals surface area contributed by atoms with Crippen molar-refractivity contribution in [3.63, 3.8) is 0 Å². The summed E-state index contributed by atoms with van der Waals surface area (Å²) in [5, 5.41) is 0.699. The molecule has 1 amide bonds. The van der Waals surface area contributed by atoms with Gasteiger partial charge in [-0.1, -0.05) is 35.3 Å². The van der Waals surface area contributed by atoms with Crippen LogP contribution in [0.15, 0.2) is 65.4 Å². The normalized spacial score (nSPS) is 15.0. The predicted molar refractivity (Wildman–Crippen MR) is 137 cm³/mol. The molecule has 0 aliphatic carbocycles. The van der Waals surface area contributed by atoms with Crippen LogP contribution >= 0.6 is 23.2 Å². The third kappa shape index (κ3) is 4.06. The van der Waals surface area contributed by atoms with Gasteiger partial charge in [-0.25, -0.2) is 4.79 Å². The molecule has 0 atom stereocenters. The number of hydrogen-bond acceptors (Lipinski definition) is 3. The van der Waals surface area contributed by atoms with Crippen molar-refractivity contribution in [2.24, 2.45) is 0 Å². The van der Waals surface area contributed by atoms with Gasteiger partial charge in [0.1, 0.15) is 0 Å². The number of amides is 1. The van der Waals surface area contributed by atoms with Crippen LogP contribution in [-0.2, 0) is 14.3 Å². The number of allylic oxidation sites excluding steroid dienone is 1. The Labute approximate surface area is 208 Å². The minimum Gasteiger partial charge on any atom is -0.465 e. The second kappa shape index (κ2) is 9.16. The van der Waals surface area contributed by atoms with Crippen molar-refractivity contribution in [2.45, 2.75) is 27.7 Å². The van der Waals surface area contributed by atoms with Crippen LogP contribution in [0.3, 0.4) is 0 Å². The molecule has 1 aliphatic rings. The molecule has 0 spiro atoms. The summed E-state index contributed by atoms with van der Waals surface area (Å²) >= 11 is 12.3. The molecule has 0 radical (unpaired) electrons. The van der Waals surface area contributed by atoms with Crippen LogP contribution < -0.4 is 4.90 Å². The average Bonchev–Trinajstić information content (AvgIpc) is 3.21. The number of anilines is 1. The van der Waals surface area contributed by atoms with Gasteiger partial charge in [0.05, 0.1) is 34.0 Å². The number of aromatic nitrogens is 1. The molecule has 0 bridgehead atoms. The number of nitrogens with zero attached hydrogens (tertiary/aromatic N) is 2. The van der Waals surface area contributed by atoms with Crippen LogP contribution in [0, 0.1) is 20.8 Å². The number of halogens is 2. The summed E-state index contributed by atoms with van der Waals surface area (Å²) < 4.78 is 7.15. The summed E-state index contributed by atoms with van der Waals surface area (Å²) in [7, 11) is 1.30. The first-order valence-electron chi connectivity index (χ1n) is 10.7. The maximum absolute atomic E-state index is 13.6. The van der Waals surface area contributed by atoms with E-state index in [1.165, 1.54) is 12.0 Å². The highest BCUT2D eigenvalue weighted by atomic mass is 35.5. The fourth-order valence-corrected chi connectivity index (χ4v) is 4.66. The Hall–Kier alpha value is -3.28. The molecule has 174 valence electrons. The summed E-state index contributed by atoms with van der Waals surface area (Å²) in [5.74, 6) is -0.913. The minimum atomic E-state index is -0.577. The number of methoxy groups -OCH3 is 1. The lowest BCUT2D eigenvalue weighted by Gasteiger charge is -2.18. The van der Waals surface area contributed by atoms with Gasteiger partial charge in [-0.15, -0.1) is 0 Å². The van der Waals surface area contributed by atoms with Crippen molar-refractivity contribution >= 4 is 46.8 Å². The van der Waals surface area contributed by atoms with E-state index in [9.17, 15) is 9.59 Å². The summed E-state index contributed by atoms with van der Waals surface area (Å²) in [5.41, 5.74) is 6.47. The number of esters is 1. The van der Waals surface area contributed by atoms with Gasteiger partial charge in [0.25, 0.3) is 5.91 Å². The van der Waals surface area contributed by atoms with Gasteiger partial charge in [-0.2, -0.15) is 0 Å². The molecule has 0 N–H and O–H groups in total. The van der Waals surface area contributed by atoms with Gasteiger partial charge >= 0.3 is 5.97 Å². The van der Waals surface area contributed by atoms with Crippen molar-refractivity contribution in [3.05, 3.63) is 97.9 Å². The fourth-order valence-electron chi connectivity index (χ4n) is 4.37. The molecular formula is C27H24Cl2N2O3. The smallest absolute Gasteiger partial charge is 0.340 e. The molecular weight excluding hydrogens is 471 g/mol. The molecule has 0 saturated carbocycles. The Morgan fingerprint density at radius 2 is 1.68 bits per heavy atom. The molecule has 1 aliphatic heterocycles. The lowest BCUT2D eigenvalue weighted by atomic mass is 10.0. The molecule has 0 fully saturated rings. The Kier molecular flexibility index (Phi) is 6.43. The van der Waals surface area contributed by atoms with Crippen molar-refractivity contribution in [1.82, 2.24) is 4.57 Å².